The Kier molecular flexibility index (Phi) is 7.51. The van der Waals surface area contributed by atoms with Crippen LogP contribution in [0.15, 0.2) is 90.0 Å². The van der Waals surface area contributed by atoms with Crippen LogP contribution in [0.3, 0.4) is 0 Å². The normalized spacial score (nSPS) is 13.9. The number of hydrogen-bond donors (Lipinski definition) is 1. The van der Waals surface area contributed by atoms with Crippen molar-refractivity contribution in [2.75, 3.05) is 31.1 Å². The van der Waals surface area contributed by atoms with E-state index in [4.69, 9.17) is 0 Å². The first-order valence-corrected chi connectivity index (χ1v) is 11.5. The molecular formula is C24H25Cl2N3O2S. The van der Waals surface area contributed by atoms with Gasteiger partial charge in [0.25, 0.3) is 10.0 Å². The molecule has 0 amide bonds. The molecule has 0 spiro atoms. The van der Waals surface area contributed by atoms with Gasteiger partial charge in [0, 0.05) is 43.4 Å². The molecule has 4 aromatic rings. The van der Waals surface area contributed by atoms with Crippen molar-refractivity contribution in [2.24, 2.45) is 0 Å². The zero-order valence-electron chi connectivity index (χ0n) is 17.3. The van der Waals surface area contributed by atoms with E-state index in [1.54, 1.807) is 18.3 Å². The third-order valence-electron chi connectivity index (χ3n) is 5.64. The number of nitrogens with one attached hydrogen (secondary N) is 1. The summed E-state index contributed by atoms with van der Waals surface area (Å²) in [6, 6.07) is 24.9. The van der Waals surface area contributed by atoms with Gasteiger partial charge in [-0.2, -0.15) is 0 Å². The van der Waals surface area contributed by atoms with E-state index < -0.39 is 10.0 Å². The molecule has 0 bridgehead atoms. The van der Waals surface area contributed by atoms with Gasteiger partial charge < -0.3 is 10.2 Å². The second-order valence-corrected chi connectivity index (χ2v) is 9.30. The minimum Gasteiger partial charge on any atom is -0.369 e. The van der Waals surface area contributed by atoms with Crippen LogP contribution in [0.25, 0.3) is 22.0 Å². The molecule has 1 saturated heterocycles. The first kappa shape index (κ1) is 24.1. The maximum Gasteiger partial charge on any atom is 0.268 e. The lowest BCUT2D eigenvalue weighted by atomic mass is 10.1. The Balaban J connectivity index is 0.00000144. The number of hydrogen-bond acceptors (Lipinski definition) is 4. The van der Waals surface area contributed by atoms with Gasteiger partial charge in [0.05, 0.1) is 10.4 Å². The molecular weight excluding hydrogens is 465 g/mol. The predicted molar refractivity (Wildman–Crippen MR) is 136 cm³/mol. The fraction of sp³-hybridized carbons (Fsp3) is 0.167. The first-order valence-electron chi connectivity index (χ1n) is 10.1. The van der Waals surface area contributed by atoms with E-state index in [2.05, 4.69) is 16.3 Å². The van der Waals surface area contributed by atoms with Gasteiger partial charge in [0.15, 0.2) is 0 Å². The summed E-state index contributed by atoms with van der Waals surface area (Å²) in [6.07, 6.45) is 1.65. The summed E-state index contributed by atoms with van der Waals surface area (Å²) in [5.74, 6) is 0. The van der Waals surface area contributed by atoms with Crippen LogP contribution in [-0.4, -0.2) is 38.6 Å². The standard InChI is InChI=1S/C24H23N3O2S.2ClH/c28-30(29,23-9-6-20(7-10-23)19-4-2-1-3-5-19)27-15-12-21-18-22(8-11-24(21)27)26-16-13-25-14-17-26;;/h1-12,15,18,25H,13-14,16-17H2;2*1H. The van der Waals surface area contributed by atoms with Gasteiger partial charge in [-0.3, -0.25) is 0 Å². The maximum absolute atomic E-state index is 13.3. The van der Waals surface area contributed by atoms with Crippen molar-refractivity contribution in [1.29, 1.82) is 0 Å². The lowest BCUT2D eigenvalue weighted by Gasteiger charge is -2.29. The molecule has 0 atom stereocenters. The summed E-state index contributed by atoms with van der Waals surface area (Å²) < 4.78 is 28.0. The SMILES string of the molecule is Cl.Cl.O=S(=O)(c1ccc(-c2ccccc2)cc1)n1ccc2cc(N3CCNCC3)ccc21. The van der Waals surface area contributed by atoms with Gasteiger partial charge in [0.1, 0.15) is 0 Å². The summed E-state index contributed by atoms with van der Waals surface area (Å²) in [4.78, 5) is 2.61. The highest BCUT2D eigenvalue weighted by Gasteiger charge is 2.20. The minimum absolute atomic E-state index is 0. The van der Waals surface area contributed by atoms with Crippen molar-refractivity contribution < 1.29 is 8.42 Å². The maximum atomic E-state index is 13.3. The molecule has 5 rings (SSSR count). The Labute approximate surface area is 200 Å². The molecule has 0 aliphatic carbocycles. The molecule has 0 radical (unpaired) electrons. The third kappa shape index (κ3) is 4.50. The van der Waals surface area contributed by atoms with Crippen molar-refractivity contribution >= 4 is 51.4 Å². The van der Waals surface area contributed by atoms with E-state index in [1.807, 2.05) is 60.7 Å². The lowest BCUT2D eigenvalue weighted by Crippen LogP contribution is -2.43. The molecule has 32 heavy (non-hydrogen) atoms. The summed E-state index contributed by atoms with van der Waals surface area (Å²) in [5, 5.41) is 4.28. The molecule has 2 heterocycles. The Hall–Kier alpha value is -2.51. The number of rotatable bonds is 4. The smallest absolute Gasteiger partial charge is 0.268 e. The van der Waals surface area contributed by atoms with Gasteiger partial charge in [-0.15, -0.1) is 24.8 Å². The number of aromatic nitrogens is 1. The molecule has 1 aromatic heterocycles. The first-order chi connectivity index (χ1) is 14.6. The number of benzene rings is 3. The van der Waals surface area contributed by atoms with Crippen LogP contribution < -0.4 is 10.2 Å². The van der Waals surface area contributed by atoms with E-state index >= 15 is 0 Å². The molecule has 1 N–H and O–H groups in total. The quantitative estimate of drug-likeness (QED) is 0.447. The summed E-state index contributed by atoms with van der Waals surface area (Å²) in [7, 11) is -3.67. The van der Waals surface area contributed by atoms with E-state index in [0.717, 1.165) is 48.4 Å². The van der Waals surface area contributed by atoms with Gasteiger partial charge in [-0.1, -0.05) is 42.5 Å². The van der Waals surface area contributed by atoms with E-state index in [0.29, 0.717) is 5.52 Å². The van der Waals surface area contributed by atoms with E-state index in [1.165, 1.54) is 3.97 Å². The van der Waals surface area contributed by atoms with Crippen molar-refractivity contribution in [3.8, 4) is 11.1 Å². The molecule has 168 valence electrons. The van der Waals surface area contributed by atoms with Crippen molar-refractivity contribution in [3.05, 3.63) is 85.1 Å². The molecule has 1 aliphatic heterocycles. The molecule has 5 nitrogen and oxygen atoms in total. The molecule has 0 unspecified atom stereocenters. The zero-order valence-corrected chi connectivity index (χ0v) is 19.8. The van der Waals surface area contributed by atoms with Crippen LogP contribution in [0.1, 0.15) is 0 Å². The van der Waals surface area contributed by atoms with Crippen molar-refractivity contribution in [2.45, 2.75) is 4.90 Å². The number of piperazine rings is 1. The van der Waals surface area contributed by atoms with E-state index in [-0.39, 0.29) is 29.7 Å². The zero-order chi connectivity index (χ0) is 20.6. The number of fused-ring (bicyclic) bond motifs is 1. The van der Waals surface area contributed by atoms with Crippen LogP contribution in [-0.2, 0) is 10.0 Å². The van der Waals surface area contributed by atoms with Crippen LogP contribution in [0.2, 0.25) is 0 Å². The second-order valence-electron chi connectivity index (χ2n) is 7.49. The van der Waals surface area contributed by atoms with Crippen LogP contribution in [0, 0.1) is 0 Å². The summed E-state index contributed by atoms with van der Waals surface area (Å²) in [5.41, 5.74) is 3.88. The number of halogens is 2. The third-order valence-corrected chi connectivity index (χ3v) is 7.34. The topological polar surface area (TPSA) is 54.3 Å². The average Bonchev–Trinajstić information content (AvgIpc) is 3.24. The van der Waals surface area contributed by atoms with Gasteiger partial charge in [-0.05, 0) is 47.5 Å². The van der Waals surface area contributed by atoms with Crippen LogP contribution in [0.4, 0.5) is 5.69 Å². The Morgan fingerprint density at radius 1 is 0.750 bits per heavy atom. The fourth-order valence-corrected chi connectivity index (χ4v) is 5.35. The van der Waals surface area contributed by atoms with Gasteiger partial charge in [-0.25, -0.2) is 12.4 Å². The fourth-order valence-electron chi connectivity index (χ4n) is 4.00. The molecule has 8 heteroatoms. The Morgan fingerprint density at radius 2 is 1.41 bits per heavy atom. The highest BCUT2D eigenvalue weighted by molar-refractivity contribution is 7.90. The minimum atomic E-state index is -3.67. The van der Waals surface area contributed by atoms with Crippen LogP contribution in [0.5, 0.6) is 0 Å². The van der Waals surface area contributed by atoms with Crippen molar-refractivity contribution in [3.63, 3.8) is 0 Å². The number of anilines is 1. The molecule has 1 fully saturated rings. The van der Waals surface area contributed by atoms with Crippen LogP contribution >= 0.6 is 24.8 Å². The molecule has 0 saturated carbocycles. The average molecular weight is 490 g/mol. The molecule has 3 aromatic carbocycles. The van der Waals surface area contributed by atoms with Gasteiger partial charge in [0.2, 0.25) is 0 Å². The van der Waals surface area contributed by atoms with E-state index in [9.17, 15) is 8.42 Å². The summed E-state index contributed by atoms with van der Waals surface area (Å²) >= 11 is 0. The van der Waals surface area contributed by atoms with Gasteiger partial charge >= 0.3 is 0 Å². The summed E-state index contributed by atoms with van der Waals surface area (Å²) in [6.45, 7) is 3.84. The van der Waals surface area contributed by atoms with Crippen molar-refractivity contribution in [1.82, 2.24) is 9.29 Å². The Morgan fingerprint density at radius 3 is 2.09 bits per heavy atom. The molecule has 1 aliphatic rings. The number of nitrogens with zero attached hydrogens (tertiary/aromatic N) is 2. The lowest BCUT2D eigenvalue weighted by molar-refractivity contribution is 0.589. The monoisotopic (exact) mass is 489 g/mol. The highest BCUT2D eigenvalue weighted by atomic mass is 35.5. The largest absolute Gasteiger partial charge is 0.369 e. The second kappa shape index (κ2) is 9.96. The Bertz CT molecular complexity index is 1280. The predicted octanol–water partition coefficient (Wildman–Crippen LogP) is 4.80. The highest BCUT2D eigenvalue weighted by Crippen LogP contribution is 2.28.